The second kappa shape index (κ2) is 11.0. The number of hydrogen-bond donors (Lipinski definition) is 1. The van der Waals surface area contributed by atoms with Crippen LogP contribution in [0, 0.1) is 12.7 Å². The third-order valence-corrected chi connectivity index (χ3v) is 5.75. The highest BCUT2D eigenvalue weighted by atomic mass is 19.1. The molecule has 3 aromatic rings. The topological polar surface area (TPSA) is 50.2 Å². The number of rotatable bonds is 10. The predicted molar refractivity (Wildman–Crippen MR) is 128 cm³/mol. The number of nitrogens with one attached hydrogen (secondary N) is 1. The molecule has 0 bridgehead atoms. The number of amides is 1. The van der Waals surface area contributed by atoms with Crippen LogP contribution in [0.1, 0.15) is 49.7 Å². The van der Waals surface area contributed by atoms with Crippen molar-refractivity contribution in [2.24, 2.45) is 0 Å². The van der Waals surface area contributed by atoms with Gasteiger partial charge in [-0.1, -0.05) is 43.7 Å². The Morgan fingerprint density at radius 3 is 2.47 bits per heavy atom. The van der Waals surface area contributed by atoms with Gasteiger partial charge in [0.15, 0.2) is 0 Å². The highest BCUT2D eigenvalue weighted by molar-refractivity contribution is 5.94. The maximum Gasteiger partial charge on any atom is 0.270 e. The molecule has 1 aromatic heterocycles. The molecule has 0 aliphatic rings. The van der Waals surface area contributed by atoms with E-state index in [0.29, 0.717) is 17.0 Å². The van der Waals surface area contributed by atoms with Gasteiger partial charge in [0.25, 0.3) is 5.91 Å². The summed E-state index contributed by atoms with van der Waals surface area (Å²) in [6.07, 6.45) is 1.90. The monoisotopic (exact) mass is 436 g/mol. The van der Waals surface area contributed by atoms with E-state index < -0.39 is 0 Å². The fourth-order valence-corrected chi connectivity index (χ4v) is 3.76. The summed E-state index contributed by atoms with van der Waals surface area (Å²) in [5.74, 6) is -0.575. The van der Waals surface area contributed by atoms with Gasteiger partial charge in [0.1, 0.15) is 11.5 Å². The van der Waals surface area contributed by atoms with Crippen LogP contribution in [0.5, 0.6) is 0 Å². The van der Waals surface area contributed by atoms with Crippen LogP contribution in [0.3, 0.4) is 0 Å². The highest BCUT2D eigenvalue weighted by Gasteiger charge is 2.20. The predicted octanol–water partition coefficient (Wildman–Crippen LogP) is 5.23. The molecule has 2 aromatic carbocycles. The molecule has 0 aliphatic heterocycles. The number of aryl methyl sites for hydroxylation is 1. The van der Waals surface area contributed by atoms with Crippen LogP contribution in [0.15, 0.2) is 54.6 Å². The Morgan fingerprint density at radius 1 is 1.12 bits per heavy atom. The molecule has 1 heterocycles. The molecular weight excluding hydrogens is 403 g/mol. The van der Waals surface area contributed by atoms with Gasteiger partial charge < -0.3 is 10.2 Å². The smallest absolute Gasteiger partial charge is 0.270 e. The summed E-state index contributed by atoms with van der Waals surface area (Å²) in [5.41, 5.74) is 3.07. The van der Waals surface area contributed by atoms with E-state index in [-0.39, 0.29) is 17.8 Å². The number of carbonyl (C=O) groups excluding carboxylic acids is 1. The molecule has 170 valence electrons. The Balaban J connectivity index is 1.83. The average Bonchev–Trinajstić information content (AvgIpc) is 3.23. The molecule has 1 atom stereocenters. The molecule has 0 radical (unpaired) electrons. The molecule has 32 heavy (non-hydrogen) atoms. The van der Waals surface area contributed by atoms with E-state index in [4.69, 9.17) is 0 Å². The fourth-order valence-electron chi connectivity index (χ4n) is 3.76. The van der Waals surface area contributed by atoms with E-state index >= 15 is 0 Å². The summed E-state index contributed by atoms with van der Waals surface area (Å²) >= 11 is 0. The summed E-state index contributed by atoms with van der Waals surface area (Å²) in [4.78, 5) is 15.6. The van der Waals surface area contributed by atoms with Crippen molar-refractivity contribution in [3.05, 3.63) is 71.7 Å². The zero-order valence-corrected chi connectivity index (χ0v) is 19.4. The number of hydrogen-bond acceptors (Lipinski definition) is 3. The fraction of sp³-hybridized carbons (Fsp3) is 0.385. The third kappa shape index (κ3) is 5.82. The zero-order valence-electron chi connectivity index (χ0n) is 19.4. The lowest BCUT2D eigenvalue weighted by Gasteiger charge is -2.20. The molecule has 0 fully saturated rings. The first-order chi connectivity index (χ1) is 15.4. The first-order valence-electron chi connectivity index (χ1n) is 11.4. The highest BCUT2D eigenvalue weighted by Crippen LogP contribution is 2.24. The number of nitrogens with zero attached hydrogens (tertiary/aromatic N) is 3. The van der Waals surface area contributed by atoms with Crippen molar-refractivity contribution in [2.75, 3.05) is 19.6 Å². The lowest BCUT2D eigenvalue weighted by atomic mass is 10.1. The van der Waals surface area contributed by atoms with Gasteiger partial charge in [-0.3, -0.25) is 4.79 Å². The van der Waals surface area contributed by atoms with Crippen LogP contribution < -0.4 is 5.32 Å². The second-order valence-electron chi connectivity index (χ2n) is 8.19. The molecule has 0 saturated heterocycles. The SMILES string of the molecule is CCN(CC)CCCC(C)NC(=O)c1cc(-c2ccccc2F)nn1-c1ccc(C)cc1. The quantitative estimate of drug-likeness (QED) is 0.474. The summed E-state index contributed by atoms with van der Waals surface area (Å²) in [6.45, 7) is 11.4. The summed E-state index contributed by atoms with van der Waals surface area (Å²) in [5, 5.41) is 7.68. The molecule has 5 nitrogen and oxygen atoms in total. The van der Waals surface area contributed by atoms with Gasteiger partial charge in [0.2, 0.25) is 0 Å². The van der Waals surface area contributed by atoms with Crippen LogP contribution in [0.4, 0.5) is 4.39 Å². The minimum Gasteiger partial charge on any atom is -0.348 e. The summed E-state index contributed by atoms with van der Waals surface area (Å²) < 4.78 is 16.0. The van der Waals surface area contributed by atoms with Gasteiger partial charge in [0, 0.05) is 11.6 Å². The van der Waals surface area contributed by atoms with E-state index in [9.17, 15) is 9.18 Å². The van der Waals surface area contributed by atoms with Crippen LogP contribution in [-0.2, 0) is 0 Å². The van der Waals surface area contributed by atoms with Crippen molar-refractivity contribution in [2.45, 2.75) is 46.6 Å². The first-order valence-corrected chi connectivity index (χ1v) is 11.4. The van der Waals surface area contributed by atoms with E-state index in [1.165, 1.54) is 6.07 Å². The molecule has 1 amide bonds. The number of carbonyl (C=O) groups is 1. The van der Waals surface area contributed by atoms with Gasteiger partial charge in [0.05, 0.1) is 11.4 Å². The van der Waals surface area contributed by atoms with E-state index in [2.05, 4.69) is 29.2 Å². The average molecular weight is 437 g/mol. The van der Waals surface area contributed by atoms with Crippen molar-refractivity contribution >= 4 is 5.91 Å². The maximum atomic E-state index is 14.4. The van der Waals surface area contributed by atoms with Gasteiger partial charge >= 0.3 is 0 Å². The number of benzene rings is 2. The van der Waals surface area contributed by atoms with E-state index in [0.717, 1.165) is 43.7 Å². The maximum absolute atomic E-state index is 14.4. The normalized spacial score (nSPS) is 12.2. The third-order valence-electron chi connectivity index (χ3n) is 5.75. The molecule has 0 saturated carbocycles. The van der Waals surface area contributed by atoms with Crippen LogP contribution >= 0.6 is 0 Å². The van der Waals surface area contributed by atoms with Crippen molar-refractivity contribution in [1.29, 1.82) is 0 Å². The summed E-state index contributed by atoms with van der Waals surface area (Å²) in [6, 6.07) is 15.9. The molecule has 3 rings (SSSR count). The number of aromatic nitrogens is 2. The molecule has 1 unspecified atom stereocenters. The lowest BCUT2D eigenvalue weighted by Crippen LogP contribution is -2.34. The minimum absolute atomic E-state index is 0.0244. The van der Waals surface area contributed by atoms with E-state index in [1.54, 1.807) is 28.9 Å². The molecule has 1 N–H and O–H groups in total. The molecule has 6 heteroatoms. The standard InChI is InChI=1S/C26H33FN4O/c1-5-30(6-2)17-9-10-20(4)28-26(32)25-18-24(22-11-7-8-12-23(22)27)29-31(25)21-15-13-19(3)14-16-21/h7-8,11-16,18,20H,5-6,9-10,17H2,1-4H3,(H,28,32). The Labute approximate surface area is 190 Å². The summed E-state index contributed by atoms with van der Waals surface area (Å²) in [7, 11) is 0. The first kappa shape index (κ1) is 23.7. The van der Waals surface area contributed by atoms with Crippen molar-refractivity contribution in [1.82, 2.24) is 20.0 Å². The Kier molecular flexibility index (Phi) is 8.17. The Bertz CT molecular complexity index is 1020. The molecule has 0 spiro atoms. The van der Waals surface area contributed by atoms with Gasteiger partial charge in [-0.15, -0.1) is 0 Å². The van der Waals surface area contributed by atoms with Gasteiger partial charge in [-0.05, 0) is 76.7 Å². The largest absolute Gasteiger partial charge is 0.348 e. The Hall–Kier alpha value is -2.99. The van der Waals surface area contributed by atoms with Gasteiger partial charge in [-0.25, -0.2) is 9.07 Å². The van der Waals surface area contributed by atoms with Crippen molar-refractivity contribution in [3.63, 3.8) is 0 Å². The second-order valence-corrected chi connectivity index (χ2v) is 8.19. The lowest BCUT2D eigenvalue weighted by molar-refractivity contribution is 0.0929. The molecule has 0 aliphatic carbocycles. The van der Waals surface area contributed by atoms with Crippen LogP contribution in [0.25, 0.3) is 16.9 Å². The van der Waals surface area contributed by atoms with E-state index in [1.807, 2.05) is 38.1 Å². The molecular formula is C26H33FN4O. The van der Waals surface area contributed by atoms with Crippen LogP contribution in [0.2, 0.25) is 0 Å². The van der Waals surface area contributed by atoms with Crippen molar-refractivity contribution < 1.29 is 9.18 Å². The zero-order chi connectivity index (χ0) is 23.1. The minimum atomic E-state index is -0.363. The number of halogens is 1. The van der Waals surface area contributed by atoms with Crippen LogP contribution in [-0.4, -0.2) is 46.3 Å². The Morgan fingerprint density at radius 2 is 1.81 bits per heavy atom. The van der Waals surface area contributed by atoms with Gasteiger partial charge in [-0.2, -0.15) is 5.10 Å². The van der Waals surface area contributed by atoms with Crippen molar-refractivity contribution in [3.8, 4) is 16.9 Å².